The SMILES string of the molecule is CC(C)(C)c1ccc([O-])c(O)c1. The first-order chi connectivity index (χ1) is 5.41. The van der Waals surface area contributed by atoms with E-state index in [0.717, 1.165) is 5.56 Å². The van der Waals surface area contributed by atoms with Gasteiger partial charge in [0.25, 0.3) is 0 Å². The van der Waals surface area contributed by atoms with Gasteiger partial charge in [-0.15, -0.1) is 0 Å². The van der Waals surface area contributed by atoms with Gasteiger partial charge in [0.1, 0.15) is 5.75 Å². The lowest BCUT2D eigenvalue weighted by Gasteiger charge is -2.20. The van der Waals surface area contributed by atoms with Crippen molar-refractivity contribution in [1.82, 2.24) is 0 Å². The molecule has 0 spiro atoms. The van der Waals surface area contributed by atoms with Gasteiger partial charge in [-0.05, 0) is 17.0 Å². The van der Waals surface area contributed by atoms with Crippen molar-refractivity contribution in [2.75, 3.05) is 0 Å². The number of phenolic OH excluding ortho intramolecular Hbond substituents is 1. The topological polar surface area (TPSA) is 43.3 Å². The van der Waals surface area contributed by atoms with Gasteiger partial charge in [0, 0.05) is 0 Å². The Morgan fingerprint density at radius 1 is 1.25 bits per heavy atom. The molecule has 0 aliphatic carbocycles. The van der Waals surface area contributed by atoms with E-state index in [1.165, 1.54) is 12.1 Å². The molecule has 0 saturated heterocycles. The van der Waals surface area contributed by atoms with Crippen molar-refractivity contribution in [2.45, 2.75) is 26.2 Å². The lowest BCUT2D eigenvalue weighted by atomic mass is 9.87. The van der Waals surface area contributed by atoms with E-state index in [4.69, 9.17) is 5.11 Å². The molecule has 0 radical (unpaired) electrons. The smallest absolute Gasteiger partial charge is 0.108 e. The molecule has 1 aromatic rings. The average Bonchev–Trinajstić information content (AvgIpc) is 1.92. The third-order valence-electron chi connectivity index (χ3n) is 1.82. The summed E-state index contributed by atoms with van der Waals surface area (Å²) in [5.41, 5.74) is 0.949. The lowest BCUT2D eigenvalue weighted by Crippen LogP contribution is -2.10. The van der Waals surface area contributed by atoms with Crippen LogP contribution in [0.1, 0.15) is 26.3 Å². The second-order valence-electron chi connectivity index (χ2n) is 3.93. The Labute approximate surface area is 72.5 Å². The van der Waals surface area contributed by atoms with Crippen LogP contribution in [0, 0.1) is 0 Å². The minimum absolute atomic E-state index is 0.0226. The second kappa shape index (κ2) is 2.70. The molecular weight excluding hydrogens is 152 g/mol. The van der Waals surface area contributed by atoms with Crippen LogP contribution in [0.3, 0.4) is 0 Å². The van der Waals surface area contributed by atoms with E-state index in [1.807, 2.05) is 20.8 Å². The number of aromatic hydroxyl groups is 1. The van der Waals surface area contributed by atoms with E-state index in [9.17, 15) is 5.11 Å². The molecule has 0 fully saturated rings. The molecule has 0 aliphatic heterocycles. The van der Waals surface area contributed by atoms with Crippen LogP contribution in [-0.2, 0) is 5.41 Å². The Hall–Kier alpha value is -1.18. The van der Waals surface area contributed by atoms with Gasteiger partial charge in [-0.25, -0.2) is 0 Å². The molecule has 0 unspecified atom stereocenters. The fourth-order valence-electron chi connectivity index (χ4n) is 0.984. The summed E-state index contributed by atoms with van der Waals surface area (Å²) in [5, 5.41) is 20.0. The minimum atomic E-state index is -0.317. The van der Waals surface area contributed by atoms with Gasteiger partial charge in [0.05, 0.1) is 0 Å². The van der Waals surface area contributed by atoms with E-state index in [0.29, 0.717) is 0 Å². The van der Waals surface area contributed by atoms with Crippen LogP contribution in [0.25, 0.3) is 0 Å². The zero-order chi connectivity index (χ0) is 9.35. The highest BCUT2D eigenvalue weighted by Gasteiger charge is 2.13. The molecule has 0 heterocycles. The Balaban J connectivity index is 3.14. The monoisotopic (exact) mass is 165 g/mol. The van der Waals surface area contributed by atoms with Gasteiger partial charge in [0.15, 0.2) is 0 Å². The quantitative estimate of drug-likeness (QED) is 0.636. The molecule has 0 aromatic heterocycles. The van der Waals surface area contributed by atoms with Gasteiger partial charge in [-0.2, -0.15) is 0 Å². The first-order valence-electron chi connectivity index (χ1n) is 3.92. The van der Waals surface area contributed by atoms with E-state index < -0.39 is 0 Å². The highest BCUT2D eigenvalue weighted by atomic mass is 16.3. The largest absolute Gasteiger partial charge is 0.870 e. The van der Waals surface area contributed by atoms with Crippen LogP contribution in [-0.4, -0.2) is 5.11 Å². The molecule has 2 nitrogen and oxygen atoms in total. The molecule has 1 aromatic carbocycles. The number of rotatable bonds is 0. The zero-order valence-electron chi connectivity index (χ0n) is 7.59. The second-order valence-corrected chi connectivity index (χ2v) is 3.93. The van der Waals surface area contributed by atoms with Gasteiger partial charge in [-0.3, -0.25) is 0 Å². The Morgan fingerprint density at radius 3 is 2.25 bits per heavy atom. The van der Waals surface area contributed by atoms with Crippen LogP contribution >= 0.6 is 0 Å². The van der Waals surface area contributed by atoms with Gasteiger partial charge in [-0.1, -0.05) is 38.7 Å². The summed E-state index contributed by atoms with van der Waals surface area (Å²) < 4.78 is 0. The molecule has 66 valence electrons. The molecular formula is C10H13O2-. The van der Waals surface area contributed by atoms with Crippen LogP contribution in [0.5, 0.6) is 11.5 Å². The van der Waals surface area contributed by atoms with Crippen molar-refractivity contribution in [3.8, 4) is 11.5 Å². The van der Waals surface area contributed by atoms with E-state index in [2.05, 4.69) is 0 Å². The standard InChI is InChI=1S/C10H14O2/c1-10(2,3)7-4-5-8(11)9(12)6-7/h4-6,11-12H,1-3H3/p-1. The highest BCUT2D eigenvalue weighted by Crippen LogP contribution is 2.29. The Kier molecular flexibility index (Phi) is 2.01. The predicted octanol–water partition coefficient (Wildman–Crippen LogP) is 1.76. The van der Waals surface area contributed by atoms with Gasteiger partial charge in [0.2, 0.25) is 0 Å². The Bertz CT molecular complexity index is 284. The van der Waals surface area contributed by atoms with Crippen LogP contribution in [0.4, 0.5) is 0 Å². The normalized spacial score (nSPS) is 11.6. The maximum absolute atomic E-state index is 10.8. The van der Waals surface area contributed by atoms with Crippen molar-refractivity contribution in [2.24, 2.45) is 0 Å². The summed E-state index contributed by atoms with van der Waals surface area (Å²) in [6.45, 7) is 6.10. The molecule has 0 saturated carbocycles. The fraction of sp³-hybridized carbons (Fsp3) is 0.400. The Morgan fingerprint density at radius 2 is 1.83 bits per heavy atom. The van der Waals surface area contributed by atoms with Crippen LogP contribution in [0.15, 0.2) is 18.2 Å². The maximum Gasteiger partial charge on any atom is 0.108 e. The maximum atomic E-state index is 10.8. The van der Waals surface area contributed by atoms with Crippen LogP contribution < -0.4 is 5.11 Å². The number of benzene rings is 1. The van der Waals surface area contributed by atoms with Crippen molar-refractivity contribution in [1.29, 1.82) is 0 Å². The fourth-order valence-corrected chi connectivity index (χ4v) is 0.984. The molecule has 2 heteroatoms. The number of hydrogen-bond donors (Lipinski definition) is 1. The van der Waals surface area contributed by atoms with Crippen molar-refractivity contribution in [3.05, 3.63) is 23.8 Å². The summed E-state index contributed by atoms with van der Waals surface area (Å²) in [7, 11) is 0. The first-order valence-corrected chi connectivity index (χ1v) is 3.92. The molecule has 0 amide bonds. The third kappa shape index (κ3) is 1.70. The summed E-state index contributed by atoms with van der Waals surface area (Å²) >= 11 is 0. The van der Waals surface area contributed by atoms with Crippen molar-refractivity contribution in [3.63, 3.8) is 0 Å². The predicted molar refractivity (Wildman–Crippen MR) is 46.3 cm³/mol. The molecule has 12 heavy (non-hydrogen) atoms. The van der Waals surface area contributed by atoms with Crippen LogP contribution in [0.2, 0.25) is 0 Å². The number of phenols is 1. The summed E-state index contributed by atoms with van der Waals surface area (Å²) in [6, 6.07) is 4.68. The van der Waals surface area contributed by atoms with E-state index >= 15 is 0 Å². The van der Waals surface area contributed by atoms with E-state index in [1.54, 1.807) is 6.07 Å². The third-order valence-corrected chi connectivity index (χ3v) is 1.82. The zero-order valence-corrected chi connectivity index (χ0v) is 7.59. The molecule has 0 atom stereocenters. The summed E-state index contributed by atoms with van der Waals surface area (Å²) in [5.74, 6) is -0.481. The lowest BCUT2D eigenvalue weighted by molar-refractivity contribution is -0.270. The minimum Gasteiger partial charge on any atom is -0.870 e. The molecule has 0 aliphatic rings. The summed E-state index contributed by atoms with van der Waals surface area (Å²) in [4.78, 5) is 0. The molecule has 0 bridgehead atoms. The van der Waals surface area contributed by atoms with Crippen molar-refractivity contribution < 1.29 is 10.2 Å². The first kappa shape index (κ1) is 8.91. The van der Waals surface area contributed by atoms with Gasteiger partial charge < -0.3 is 10.2 Å². The summed E-state index contributed by atoms with van der Waals surface area (Å²) in [6.07, 6.45) is 0. The van der Waals surface area contributed by atoms with E-state index in [-0.39, 0.29) is 16.9 Å². The van der Waals surface area contributed by atoms with Crippen molar-refractivity contribution >= 4 is 0 Å². The molecule has 1 rings (SSSR count). The number of hydrogen-bond acceptors (Lipinski definition) is 2. The highest BCUT2D eigenvalue weighted by molar-refractivity contribution is 5.41. The van der Waals surface area contributed by atoms with Gasteiger partial charge >= 0.3 is 0 Å². The molecule has 1 N–H and O–H groups in total. The average molecular weight is 165 g/mol.